The number of ketones is 1. The number of rotatable bonds is 6. The highest BCUT2D eigenvalue weighted by Crippen LogP contribution is 2.40. The van der Waals surface area contributed by atoms with Gasteiger partial charge in [0.25, 0.3) is 0 Å². The lowest BCUT2D eigenvalue weighted by Gasteiger charge is -2.05. The summed E-state index contributed by atoms with van der Waals surface area (Å²) < 4.78 is 15.4. The second kappa shape index (κ2) is 8.20. The lowest BCUT2D eigenvalue weighted by molar-refractivity contribution is -0.143. The SMILES string of the molecule is Cc1csc([C@@H](C#N)C(=O)COC(=O)/C=C/c2cc(Cl)c3c(c2)OCO3)n1. The number of esters is 1. The summed E-state index contributed by atoms with van der Waals surface area (Å²) in [7, 11) is 0. The molecule has 2 heterocycles. The van der Waals surface area contributed by atoms with Crippen molar-refractivity contribution in [3.05, 3.63) is 44.9 Å². The summed E-state index contributed by atoms with van der Waals surface area (Å²) in [6, 6.07) is 5.17. The van der Waals surface area contributed by atoms with Gasteiger partial charge in [-0.3, -0.25) is 4.79 Å². The molecule has 27 heavy (non-hydrogen) atoms. The number of aryl methyl sites for hydroxylation is 1. The first-order valence-corrected chi connectivity index (χ1v) is 9.02. The molecule has 0 fully saturated rings. The second-order valence-corrected chi connectivity index (χ2v) is 6.83. The van der Waals surface area contributed by atoms with Gasteiger partial charge in [-0.2, -0.15) is 5.26 Å². The monoisotopic (exact) mass is 404 g/mol. The first-order valence-electron chi connectivity index (χ1n) is 7.76. The number of carbonyl (C=O) groups is 2. The Labute approximate surface area is 163 Å². The van der Waals surface area contributed by atoms with Crippen molar-refractivity contribution in [2.45, 2.75) is 12.8 Å². The number of fused-ring (bicyclic) bond motifs is 1. The maximum Gasteiger partial charge on any atom is 0.331 e. The summed E-state index contributed by atoms with van der Waals surface area (Å²) in [6.07, 6.45) is 2.64. The van der Waals surface area contributed by atoms with E-state index in [1.165, 1.54) is 17.4 Å². The molecule has 1 atom stereocenters. The molecule has 0 bridgehead atoms. The summed E-state index contributed by atoms with van der Waals surface area (Å²) in [5.41, 5.74) is 1.34. The smallest absolute Gasteiger partial charge is 0.331 e. The van der Waals surface area contributed by atoms with E-state index in [1.807, 2.05) is 6.07 Å². The van der Waals surface area contributed by atoms with E-state index in [1.54, 1.807) is 24.4 Å². The van der Waals surface area contributed by atoms with Crippen molar-refractivity contribution in [1.82, 2.24) is 4.98 Å². The van der Waals surface area contributed by atoms with Gasteiger partial charge in [-0.15, -0.1) is 11.3 Å². The third kappa shape index (κ3) is 4.45. The summed E-state index contributed by atoms with van der Waals surface area (Å²) in [6.45, 7) is 1.35. The molecule has 0 spiro atoms. The molecule has 0 saturated carbocycles. The highest BCUT2D eigenvalue weighted by atomic mass is 35.5. The number of benzene rings is 1. The van der Waals surface area contributed by atoms with Crippen molar-refractivity contribution in [3.8, 4) is 17.6 Å². The lowest BCUT2D eigenvalue weighted by atomic mass is 10.1. The first-order chi connectivity index (χ1) is 13.0. The molecule has 1 aromatic carbocycles. The van der Waals surface area contributed by atoms with Gasteiger partial charge in [-0.25, -0.2) is 9.78 Å². The van der Waals surface area contributed by atoms with Gasteiger partial charge in [0.05, 0.1) is 11.1 Å². The van der Waals surface area contributed by atoms with Crippen LogP contribution in [0, 0.1) is 18.3 Å². The van der Waals surface area contributed by atoms with Gasteiger partial charge >= 0.3 is 5.97 Å². The molecule has 0 amide bonds. The molecule has 0 saturated heterocycles. The molecule has 9 heteroatoms. The summed E-state index contributed by atoms with van der Waals surface area (Å²) >= 11 is 7.29. The summed E-state index contributed by atoms with van der Waals surface area (Å²) in [5.74, 6) is -1.35. The van der Waals surface area contributed by atoms with E-state index in [-0.39, 0.29) is 6.79 Å². The highest BCUT2D eigenvalue weighted by Gasteiger charge is 2.24. The highest BCUT2D eigenvalue weighted by molar-refractivity contribution is 7.09. The van der Waals surface area contributed by atoms with Crippen LogP contribution in [0.3, 0.4) is 0 Å². The van der Waals surface area contributed by atoms with E-state index in [0.29, 0.717) is 27.1 Å². The zero-order chi connectivity index (χ0) is 19.4. The number of ether oxygens (including phenoxy) is 3. The third-order valence-corrected chi connectivity index (χ3v) is 4.86. The van der Waals surface area contributed by atoms with Gasteiger partial charge in [-0.1, -0.05) is 11.6 Å². The Morgan fingerprint density at radius 2 is 2.30 bits per heavy atom. The molecular weight excluding hydrogens is 392 g/mol. The maximum absolute atomic E-state index is 12.1. The fourth-order valence-electron chi connectivity index (χ4n) is 2.29. The minimum Gasteiger partial charge on any atom is -0.454 e. The van der Waals surface area contributed by atoms with Crippen LogP contribution in [0.25, 0.3) is 6.08 Å². The van der Waals surface area contributed by atoms with Gasteiger partial charge in [0.2, 0.25) is 6.79 Å². The largest absolute Gasteiger partial charge is 0.454 e. The van der Waals surface area contributed by atoms with Crippen molar-refractivity contribution in [3.63, 3.8) is 0 Å². The number of hydrogen-bond acceptors (Lipinski definition) is 8. The number of nitriles is 1. The first kappa shape index (κ1) is 18.9. The number of nitrogens with zero attached hydrogens (tertiary/aromatic N) is 2. The van der Waals surface area contributed by atoms with Crippen LogP contribution in [0.1, 0.15) is 22.2 Å². The van der Waals surface area contributed by atoms with E-state index < -0.39 is 24.3 Å². The third-order valence-electron chi connectivity index (χ3n) is 3.55. The Hall–Kier alpha value is -2.89. The average Bonchev–Trinajstić information content (AvgIpc) is 3.28. The standard InChI is InChI=1S/C18H13ClN2O5S/c1-10-8-27-18(21-10)12(6-20)14(22)7-24-16(23)3-2-11-4-13(19)17-15(5-11)25-9-26-17/h2-5,8,12H,7,9H2,1H3/b3-2+/t12-/m0/s1. The Bertz CT molecular complexity index is 963. The Morgan fingerprint density at radius 1 is 1.48 bits per heavy atom. The average molecular weight is 405 g/mol. The topological polar surface area (TPSA) is 98.5 Å². The fraction of sp³-hybridized carbons (Fsp3) is 0.222. The molecule has 3 rings (SSSR count). The van der Waals surface area contributed by atoms with Crippen LogP contribution < -0.4 is 9.47 Å². The van der Waals surface area contributed by atoms with E-state index in [9.17, 15) is 14.9 Å². The number of aromatic nitrogens is 1. The minimum atomic E-state index is -1.05. The van der Waals surface area contributed by atoms with Crippen LogP contribution in [-0.4, -0.2) is 30.1 Å². The van der Waals surface area contributed by atoms with Crippen LogP contribution in [0.15, 0.2) is 23.6 Å². The quantitative estimate of drug-likeness (QED) is 0.538. The molecule has 7 nitrogen and oxygen atoms in total. The maximum atomic E-state index is 12.1. The van der Waals surface area contributed by atoms with Gasteiger partial charge in [0.15, 0.2) is 29.8 Å². The molecule has 1 aromatic heterocycles. The van der Waals surface area contributed by atoms with Crippen molar-refractivity contribution in [2.24, 2.45) is 0 Å². The number of thiazole rings is 1. The van der Waals surface area contributed by atoms with Crippen LogP contribution in [0.4, 0.5) is 0 Å². The summed E-state index contributed by atoms with van der Waals surface area (Å²) in [4.78, 5) is 28.1. The molecule has 0 unspecified atom stereocenters. The molecule has 0 radical (unpaired) electrons. The number of carbonyl (C=O) groups excluding carboxylic acids is 2. The van der Waals surface area contributed by atoms with Crippen LogP contribution >= 0.6 is 22.9 Å². The minimum absolute atomic E-state index is 0.0883. The van der Waals surface area contributed by atoms with Crippen molar-refractivity contribution < 1.29 is 23.8 Å². The number of Topliss-reactive ketones (excluding diaryl/α,β-unsaturated/α-hetero) is 1. The number of halogens is 1. The van der Waals surface area contributed by atoms with Crippen LogP contribution in [0.2, 0.25) is 5.02 Å². The predicted molar refractivity (Wildman–Crippen MR) is 97.8 cm³/mol. The lowest BCUT2D eigenvalue weighted by Crippen LogP contribution is -2.19. The zero-order valence-electron chi connectivity index (χ0n) is 14.1. The Kier molecular flexibility index (Phi) is 5.74. The van der Waals surface area contributed by atoms with E-state index in [0.717, 1.165) is 11.8 Å². The fourth-order valence-corrected chi connectivity index (χ4v) is 3.43. The van der Waals surface area contributed by atoms with Crippen molar-refractivity contribution >= 4 is 40.8 Å². The molecule has 2 aromatic rings. The molecule has 0 aliphatic carbocycles. The van der Waals surface area contributed by atoms with Gasteiger partial charge in [0.1, 0.15) is 5.01 Å². The summed E-state index contributed by atoms with van der Waals surface area (Å²) in [5, 5.41) is 11.7. The Balaban J connectivity index is 1.58. The van der Waals surface area contributed by atoms with E-state index >= 15 is 0 Å². The number of hydrogen-bond donors (Lipinski definition) is 0. The molecule has 138 valence electrons. The molecule has 1 aliphatic heterocycles. The van der Waals surface area contributed by atoms with Gasteiger partial charge < -0.3 is 14.2 Å². The van der Waals surface area contributed by atoms with E-state index in [4.69, 9.17) is 25.8 Å². The van der Waals surface area contributed by atoms with E-state index in [2.05, 4.69) is 4.98 Å². The zero-order valence-corrected chi connectivity index (χ0v) is 15.7. The van der Waals surface area contributed by atoms with Crippen molar-refractivity contribution in [1.29, 1.82) is 5.26 Å². The van der Waals surface area contributed by atoms with Crippen LogP contribution in [0.5, 0.6) is 11.5 Å². The second-order valence-electron chi connectivity index (χ2n) is 5.53. The van der Waals surface area contributed by atoms with Crippen LogP contribution in [-0.2, 0) is 14.3 Å². The Morgan fingerprint density at radius 3 is 3.00 bits per heavy atom. The van der Waals surface area contributed by atoms with Gasteiger partial charge in [-0.05, 0) is 30.7 Å². The van der Waals surface area contributed by atoms with Gasteiger partial charge in [0, 0.05) is 17.2 Å². The normalized spacial score (nSPS) is 13.4. The van der Waals surface area contributed by atoms with Crippen molar-refractivity contribution in [2.75, 3.05) is 13.4 Å². The molecule has 1 aliphatic rings. The molecular formula is C18H13ClN2O5S. The molecule has 0 N–H and O–H groups in total. The predicted octanol–water partition coefficient (Wildman–Crippen LogP) is 3.27.